The number of hydrogen-bond acceptors (Lipinski definition) is 7. The Balaban J connectivity index is 1.72. The van der Waals surface area contributed by atoms with Crippen molar-refractivity contribution in [1.82, 2.24) is 20.3 Å². The molecule has 2 atom stereocenters. The van der Waals surface area contributed by atoms with E-state index in [1.54, 1.807) is 85.2 Å². The molecule has 43 heavy (non-hydrogen) atoms. The number of hydrogen-bond donors (Lipinski definition) is 4. The van der Waals surface area contributed by atoms with Gasteiger partial charge >= 0.3 is 0 Å². The van der Waals surface area contributed by atoms with Crippen molar-refractivity contribution in [3.05, 3.63) is 126 Å². The molecule has 0 aliphatic heterocycles. The molecule has 0 saturated heterocycles. The zero-order valence-corrected chi connectivity index (χ0v) is 22.6. The predicted octanol–water partition coefficient (Wildman–Crippen LogP) is 3.20. The van der Waals surface area contributed by atoms with E-state index in [0.717, 1.165) is 11.0 Å². The number of nitrogens with one attached hydrogen (secondary N) is 1. The van der Waals surface area contributed by atoms with Crippen LogP contribution in [0.25, 0.3) is 27.9 Å². The fourth-order valence-corrected chi connectivity index (χ4v) is 5.06. The lowest BCUT2D eigenvalue weighted by atomic mass is 9.94. The molecule has 0 fully saturated rings. The minimum absolute atomic E-state index is 0.114. The lowest BCUT2D eigenvalue weighted by molar-refractivity contribution is -0.128. The molecule has 11 heteroatoms. The van der Waals surface area contributed by atoms with Gasteiger partial charge in [0, 0.05) is 45.9 Å². The summed E-state index contributed by atoms with van der Waals surface area (Å²) in [5, 5.41) is 10.1. The van der Waals surface area contributed by atoms with E-state index >= 15 is 0 Å². The Morgan fingerprint density at radius 1 is 0.721 bits per heavy atom. The molecule has 5 aromatic rings. The molecule has 0 aliphatic carbocycles. The molecule has 2 aromatic heterocycles. The number of nitrogens with zero attached hydrogens (tertiary/aromatic N) is 3. The van der Waals surface area contributed by atoms with Crippen molar-refractivity contribution in [2.75, 3.05) is 0 Å². The quantitative estimate of drug-likeness (QED) is 0.118. The van der Waals surface area contributed by atoms with Crippen molar-refractivity contribution in [2.45, 2.75) is 12.1 Å². The van der Waals surface area contributed by atoms with Crippen LogP contribution in [0.2, 0.25) is 0 Å². The van der Waals surface area contributed by atoms with Crippen LogP contribution in [0, 0.1) is 0 Å². The van der Waals surface area contributed by atoms with Crippen molar-refractivity contribution in [3.8, 4) is 0 Å². The van der Waals surface area contributed by atoms with Gasteiger partial charge in [-0.15, -0.1) is 0 Å². The van der Waals surface area contributed by atoms with Gasteiger partial charge in [0.25, 0.3) is 11.8 Å². The van der Waals surface area contributed by atoms with Crippen LogP contribution >= 0.6 is 0 Å². The van der Waals surface area contributed by atoms with E-state index in [4.69, 9.17) is 16.7 Å². The largest absolute Gasteiger partial charge is 0.368 e. The lowest BCUT2D eigenvalue weighted by Crippen LogP contribution is -2.48. The molecule has 2 heterocycles. The number of aromatic nitrogens is 2. The molecule has 4 amide bonds. The molecule has 0 spiro atoms. The number of carbonyl (C=O) groups is 4. The number of nitrogens with two attached hydrogens (primary N) is 2. The third-order valence-electron chi connectivity index (χ3n) is 6.94. The summed E-state index contributed by atoms with van der Waals surface area (Å²) in [6, 6.07) is 20.5. The molecule has 11 nitrogen and oxygen atoms in total. The highest BCUT2D eigenvalue weighted by Gasteiger charge is 2.41. The van der Waals surface area contributed by atoms with Gasteiger partial charge in [0.2, 0.25) is 11.8 Å². The van der Waals surface area contributed by atoms with E-state index < -0.39 is 35.7 Å². The third-order valence-corrected chi connectivity index (χ3v) is 6.94. The highest BCUT2D eigenvalue weighted by Crippen LogP contribution is 2.37. The Labute approximate surface area is 245 Å². The molecule has 0 radical (unpaired) electrons. The summed E-state index contributed by atoms with van der Waals surface area (Å²) >= 11 is 0. The van der Waals surface area contributed by atoms with Gasteiger partial charge in [-0.25, -0.2) is 5.48 Å². The first-order valence-electron chi connectivity index (χ1n) is 13.1. The van der Waals surface area contributed by atoms with E-state index in [-0.39, 0.29) is 5.56 Å². The summed E-state index contributed by atoms with van der Waals surface area (Å²) < 4.78 is 0. The van der Waals surface area contributed by atoms with Gasteiger partial charge in [-0.3, -0.25) is 34.4 Å². The molecule has 0 saturated carbocycles. The van der Waals surface area contributed by atoms with Gasteiger partial charge in [-0.1, -0.05) is 60.7 Å². The van der Waals surface area contributed by atoms with Gasteiger partial charge in [-0.2, -0.15) is 0 Å². The molecule has 6 N–H and O–H groups in total. The van der Waals surface area contributed by atoms with Gasteiger partial charge in [0.1, 0.15) is 12.1 Å². The van der Waals surface area contributed by atoms with Crippen LogP contribution in [0.1, 0.15) is 39.1 Å². The first kappa shape index (κ1) is 28.6. The zero-order valence-electron chi connectivity index (χ0n) is 22.6. The Bertz CT molecular complexity index is 1780. The fourth-order valence-electron chi connectivity index (χ4n) is 5.06. The number of amides is 4. The second-order valence-corrected chi connectivity index (χ2v) is 9.60. The summed E-state index contributed by atoms with van der Waals surface area (Å²) in [5.74, 6) is -3.24. The third kappa shape index (κ3) is 5.78. The average Bonchev–Trinajstić information content (AvgIpc) is 3.03. The molecule has 0 bridgehead atoms. The van der Waals surface area contributed by atoms with Crippen LogP contribution in [-0.4, -0.2) is 43.7 Å². The summed E-state index contributed by atoms with van der Waals surface area (Å²) in [6.07, 6.45) is 5.65. The number of hydroxylamine groups is 1. The van der Waals surface area contributed by atoms with Crippen LogP contribution in [0.4, 0.5) is 0 Å². The highest BCUT2D eigenvalue weighted by molar-refractivity contribution is 6.03. The van der Waals surface area contributed by atoms with E-state index in [0.29, 0.717) is 38.5 Å². The number of fused-ring (bicyclic) bond motifs is 2. The molecule has 5 rings (SSSR count). The van der Waals surface area contributed by atoms with Gasteiger partial charge in [-0.05, 0) is 35.9 Å². The fraction of sp³-hybridized carbons (Fsp3) is 0.0625. The van der Waals surface area contributed by atoms with Crippen molar-refractivity contribution in [1.29, 1.82) is 0 Å². The number of primary amides is 2. The van der Waals surface area contributed by atoms with E-state index in [2.05, 4.69) is 9.97 Å². The maximum atomic E-state index is 14.4. The van der Waals surface area contributed by atoms with E-state index in [1.165, 1.54) is 23.7 Å². The number of para-hydroxylation sites is 2. The molecule has 214 valence electrons. The second-order valence-electron chi connectivity index (χ2n) is 9.60. The van der Waals surface area contributed by atoms with Crippen molar-refractivity contribution < 1.29 is 24.4 Å². The number of carbonyl (C=O) groups excluding carboxylic acids is 4. The molecule has 0 aliphatic rings. The number of pyridine rings is 2. The van der Waals surface area contributed by atoms with Crippen LogP contribution in [0.3, 0.4) is 0 Å². The van der Waals surface area contributed by atoms with Gasteiger partial charge < -0.3 is 16.4 Å². The summed E-state index contributed by atoms with van der Waals surface area (Å²) in [6.45, 7) is 0. The SMILES string of the molecule is NC(=O)C(c1cccc2cccnc12)N(C(=O)c1ccc(/C=C/C(=O)NO)cc1)C(C(N)=O)c1cccc2cccnc12. The maximum Gasteiger partial charge on any atom is 0.267 e. The van der Waals surface area contributed by atoms with Gasteiger partial charge in [0.15, 0.2) is 0 Å². The monoisotopic (exact) mass is 574 g/mol. The summed E-state index contributed by atoms with van der Waals surface area (Å²) in [5.41, 5.74) is 15.7. The average molecular weight is 575 g/mol. The first-order valence-corrected chi connectivity index (χ1v) is 13.1. The Hall–Kier alpha value is -5.94. The minimum atomic E-state index is -1.46. The number of rotatable bonds is 9. The minimum Gasteiger partial charge on any atom is -0.368 e. The van der Waals surface area contributed by atoms with Crippen LogP contribution in [-0.2, 0) is 14.4 Å². The Morgan fingerprint density at radius 3 is 1.67 bits per heavy atom. The smallest absolute Gasteiger partial charge is 0.267 e. The standard InChI is InChI=1S/C32H26N6O5/c33-30(40)28(23-9-1-5-20-7-3-17-35-26(20)23)38(32(42)22-14-11-19(12-15-22)13-16-25(39)37-43)29(31(34)41)24-10-2-6-21-8-4-18-36-27(21)24/h1-18,28-29,43H,(H2,33,40)(H2,34,41)(H,37,39)/b16-13+. The van der Waals surface area contributed by atoms with Crippen molar-refractivity contribution >= 4 is 51.5 Å². The van der Waals surface area contributed by atoms with Crippen molar-refractivity contribution in [3.63, 3.8) is 0 Å². The lowest BCUT2D eigenvalue weighted by Gasteiger charge is -2.36. The zero-order chi connectivity index (χ0) is 30.5. The summed E-state index contributed by atoms with van der Waals surface area (Å²) in [7, 11) is 0. The predicted molar refractivity (Wildman–Crippen MR) is 159 cm³/mol. The second kappa shape index (κ2) is 12.3. The Kier molecular flexibility index (Phi) is 8.17. The normalized spacial score (nSPS) is 12.6. The first-order chi connectivity index (χ1) is 20.8. The van der Waals surface area contributed by atoms with Crippen LogP contribution in [0.5, 0.6) is 0 Å². The molecule has 2 unspecified atom stereocenters. The number of benzene rings is 3. The van der Waals surface area contributed by atoms with E-state index in [9.17, 15) is 19.2 Å². The van der Waals surface area contributed by atoms with Gasteiger partial charge in [0.05, 0.1) is 11.0 Å². The topological polar surface area (TPSA) is 182 Å². The molecule has 3 aromatic carbocycles. The van der Waals surface area contributed by atoms with Crippen molar-refractivity contribution in [2.24, 2.45) is 11.5 Å². The highest BCUT2D eigenvalue weighted by atomic mass is 16.5. The van der Waals surface area contributed by atoms with Crippen LogP contribution in [0.15, 0.2) is 103 Å². The maximum absolute atomic E-state index is 14.4. The van der Waals surface area contributed by atoms with E-state index in [1.807, 2.05) is 0 Å². The molecular weight excluding hydrogens is 548 g/mol. The summed E-state index contributed by atoms with van der Waals surface area (Å²) in [4.78, 5) is 62.5. The molecular formula is C32H26N6O5. The van der Waals surface area contributed by atoms with Crippen LogP contribution < -0.4 is 16.9 Å². The Morgan fingerprint density at radius 2 is 1.21 bits per heavy atom.